The van der Waals surface area contributed by atoms with Gasteiger partial charge in [0.25, 0.3) is 0 Å². The molecule has 2 saturated carbocycles. The Bertz CT molecular complexity index is 209. The largest absolute Gasteiger partial charge is 0.330 e. The molecule has 2 fully saturated rings. The minimum absolute atomic E-state index is 0.555. The summed E-state index contributed by atoms with van der Waals surface area (Å²) >= 11 is 0. The number of nitrogens with two attached hydrogens (primary N) is 1. The Morgan fingerprint density at radius 1 is 1.31 bits per heavy atom. The van der Waals surface area contributed by atoms with Crippen molar-refractivity contribution in [2.45, 2.75) is 34.1 Å². The molecule has 13 heavy (non-hydrogen) atoms. The summed E-state index contributed by atoms with van der Waals surface area (Å²) in [5.41, 5.74) is 6.43. The van der Waals surface area contributed by atoms with Gasteiger partial charge in [0.2, 0.25) is 0 Å². The Labute approximate surface area is 82.1 Å². The second-order valence-corrected chi connectivity index (χ2v) is 5.91. The molecule has 5 atom stereocenters. The van der Waals surface area contributed by atoms with E-state index in [4.69, 9.17) is 5.73 Å². The van der Waals surface area contributed by atoms with Crippen LogP contribution in [0.2, 0.25) is 0 Å². The summed E-state index contributed by atoms with van der Waals surface area (Å²) in [6, 6.07) is 0. The van der Waals surface area contributed by atoms with Crippen LogP contribution in [-0.2, 0) is 0 Å². The SMILES string of the molecule is CC1CC2C(C)C(C)(C)C2C1CN. The molecule has 0 spiro atoms. The first-order valence-electron chi connectivity index (χ1n) is 5.70. The third-order valence-electron chi connectivity index (χ3n) is 5.24. The summed E-state index contributed by atoms with van der Waals surface area (Å²) in [4.78, 5) is 0. The van der Waals surface area contributed by atoms with Crippen molar-refractivity contribution in [3.8, 4) is 0 Å². The van der Waals surface area contributed by atoms with Gasteiger partial charge in [-0.2, -0.15) is 0 Å². The van der Waals surface area contributed by atoms with Crippen LogP contribution < -0.4 is 5.73 Å². The molecule has 2 rings (SSSR count). The molecule has 0 heterocycles. The van der Waals surface area contributed by atoms with Crippen molar-refractivity contribution in [2.75, 3.05) is 6.54 Å². The fourth-order valence-corrected chi connectivity index (χ4v) is 4.16. The van der Waals surface area contributed by atoms with E-state index >= 15 is 0 Å². The summed E-state index contributed by atoms with van der Waals surface area (Å²) in [5, 5.41) is 0. The molecule has 2 aliphatic carbocycles. The van der Waals surface area contributed by atoms with Crippen molar-refractivity contribution in [2.24, 2.45) is 40.7 Å². The van der Waals surface area contributed by atoms with Gasteiger partial charge >= 0.3 is 0 Å². The van der Waals surface area contributed by atoms with Crippen LogP contribution in [0.4, 0.5) is 0 Å². The molecule has 0 aromatic rings. The first-order valence-corrected chi connectivity index (χ1v) is 5.70. The predicted octanol–water partition coefficient (Wildman–Crippen LogP) is 2.51. The zero-order chi connectivity index (χ0) is 9.80. The minimum atomic E-state index is 0.555. The summed E-state index contributed by atoms with van der Waals surface area (Å²) in [7, 11) is 0. The first kappa shape index (κ1) is 9.51. The molecule has 5 unspecified atom stereocenters. The smallest absolute Gasteiger partial charge is 0.00434 e. The van der Waals surface area contributed by atoms with E-state index in [1.807, 2.05) is 0 Å². The highest BCUT2D eigenvalue weighted by Crippen LogP contribution is 2.65. The van der Waals surface area contributed by atoms with Gasteiger partial charge in [-0.15, -0.1) is 0 Å². The standard InChI is InChI=1S/C12H23N/c1-7-5-9-8(2)12(3,4)11(9)10(7)6-13/h7-11H,5-6,13H2,1-4H3. The Morgan fingerprint density at radius 3 is 2.46 bits per heavy atom. The third kappa shape index (κ3) is 1.03. The molecule has 1 nitrogen and oxygen atoms in total. The summed E-state index contributed by atoms with van der Waals surface area (Å²) in [5.74, 6) is 4.48. The molecule has 2 aliphatic rings. The van der Waals surface area contributed by atoms with Crippen LogP contribution in [0.15, 0.2) is 0 Å². The van der Waals surface area contributed by atoms with E-state index in [2.05, 4.69) is 27.7 Å². The van der Waals surface area contributed by atoms with Crippen LogP contribution in [0.25, 0.3) is 0 Å². The second kappa shape index (κ2) is 2.73. The first-order chi connectivity index (χ1) is 6.00. The summed E-state index contributed by atoms with van der Waals surface area (Å²) in [6.45, 7) is 10.6. The highest BCUT2D eigenvalue weighted by Gasteiger charge is 2.60. The molecular weight excluding hydrogens is 158 g/mol. The molecule has 0 amide bonds. The predicted molar refractivity (Wildman–Crippen MR) is 56.3 cm³/mol. The van der Waals surface area contributed by atoms with E-state index in [9.17, 15) is 0 Å². The van der Waals surface area contributed by atoms with Crippen molar-refractivity contribution in [1.82, 2.24) is 0 Å². The maximum absolute atomic E-state index is 5.88. The third-order valence-corrected chi connectivity index (χ3v) is 5.24. The van der Waals surface area contributed by atoms with Crippen molar-refractivity contribution >= 4 is 0 Å². The molecule has 0 aromatic carbocycles. The molecule has 0 aromatic heterocycles. The number of rotatable bonds is 1. The molecule has 0 aliphatic heterocycles. The van der Waals surface area contributed by atoms with Gasteiger partial charge in [-0.1, -0.05) is 27.7 Å². The van der Waals surface area contributed by atoms with Crippen LogP contribution in [0.1, 0.15) is 34.1 Å². The topological polar surface area (TPSA) is 26.0 Å². The van der Waals surface area contributed by atoms with Crippen molar-refractivity contribution in [3.63, 3.8) is 0 Å². The minimum Gasteiger partial charge on any atom is -0.330 e. The molecule has 1 heteroatoms. The fraction of sp³-hybridized carbons (Fsp3) is 1.00. The normalized spacial score (nSPS) is 52.8. The van der Waals surface area contributed by atoms with E-state index in [1.54, 1.807) is 0 Å². The van der Waals surface area contributed by atoms with E-state index in [0.29, 0.717) is 5.41 Å². The van der Waals surface area contributed by atoms with Gasteiger partial charge in [-0.25, -0.2) is 0 Å². The lowest BCUT2D eigenvalue weighted by molar-refractivity contribution is -0.0853. The van der Waals surface area contributed by atoms with Gasteiger partial charge in [-0.3, -0.25) is 0 Å². The van der Waals surface area contributed by atoms with E-state index in [1.165, 1.54) is 6.42 Å². The van der Waals surface area contributed by atoms with Crippen molar-refractivity contribution in [1.29, 1.82) is 0 Å². The Morgan fingerprint density at radius 2 is 1.92 bits per heavy atom. The molecule has 0 bridgehead atoms. The van der Waals surface area contributed by atoms with Gasteiger partial charge in [0.1, 0.15) is 0 Å². The zero-order valence-corrected chi connectivity index (χ0v) is 9.38. The van der Waals surface area contributed by atoms with Gasteiger partial charge in [0.15, 0.2) is 0 Å². The average Bonchev–Trinajstić information content (AvgIpc) is 2.40. The van der Waals surface area contributed by atoms with E-state index in [-0.39, 0.29) is 0 Å². The maximum Gasteiger partial charge on any atom is -0.00434 e. The molecule has 76 valence electrons. The monoisotopic (exact) mass is 181 g/mol. The van der Waals surface area contributed by atoms with Gasteiger partial charge in [0.05, 0.1) is 0 Å². The molecular formula is C12H23N. The number of hydrogen-bond acceptors (Lipinski definition) is 1. The highest BCUT2D eigenvalue weighted by molar-refractivity contribution is 5.09. The Kier molecular flexibility index (Phi) is 1.99. The van der Waals surface area contributed by atoms with Crippen molar-refractivity contribution in [3.05, 3.63) is 0 Å². The number of hydrogen-bond donors (Lipinski definition) is 1. The van der Waals surface area contributed by atoms with Crippen LogP contribution in [0.3, 0.4) is 0 Å². The lowest BCUT2D eigenvalue weighted by Crippen LogP contribution is -2.52. The second-order valence-electron chi connectivity index (χ2n) is 5.91. The maximum atomic E-state index is 5.88. The fourth-order valence-electron chi connectivity index (χ4n) is 4.16. The molecule has 2 N–H and O–H groups in total. The quantitative estimate of drug-likeness (QED) is 0.661. The summed E-state index contributed by atoms with van der Waals surface area (Å²) < 4.78 is 0. The lowest BCUT2D eigenvalue weighted by Gasteiger charge is -2.57. The average molecular weight is 181 g/mol. The lowest BCUT2D eigenvalue weighted by atomic mass is 9.48. The molecule has 0 saturated heterocycles. The molecule has 0 radical (unpaired) electrons. The zero-order valence-electron chi connectivity index (χ0n) is 9.38. The van der Waals surface area contributed by atoms with E-state index in [0.717, 1.165) is 36.1 Å². The Balaban J connectivity index is 2.19. The van der Waals surface area contributed by atoms with Crippen molar-refractivity contribution < 1.29 is 0 Å². The highest BCUT2D eigenvalue weighted by atomic mass is 14.7. The van der Waals surface area contributed by atoms with Crippen LogP contribution in [-0.4, -0.2) is 6.54 Å². The Hall–Kier alpha value is -0.0400. The van der Waals surface area contributed by atoms with Gasteiger partial charge in [0, 0.05) is 0 Å². The van der Waals surface area contributed by atoms with Gasteiger partial charge in [-0.05, 0) is 48.0 Å². The van der Waals surface area contributed by atoms with Gasteiger partial charge < -0.3 is 5.73 Å². The van der Waals surface area contributed by atoms with E-state index < -0.39 is 0 Å². The van der Waals surface area contributed by atoms with Crippen LogP contribution >= 0.6 is 0 Å². The summed E-state index contributed by atoms with van der Waals surface area (Å²) in [6.07, 6.45) is 1.43. The van der Waals surface area contributed by atoms with Crippen LogP contribution in [0, 0.1) is 35.0 Å². The van der Waals surface area contributed by atoms with Crippen LogP contribution in [0.5, 0.6) is 0 Å². The number of fused-ring (bicyclic) bond motifs is 1.